The summed E-state index contributed by atoms with van der Waals surface area (Å²) in [5, 5.41) is 18.1. The number of ether oxygens (including phenoxy) is 4. The fraction of sp³-hybridized carbons (Fsp3) is 0.320. The molecule has 0 unspecified atom stereocenters. The van der Waals surface area contributed by atoms with Crippen molar-refractivity contribution in [2.45, 2.75) is 24.0 Å². The van der Waals surface area contributed by atoms with Crippen LogP contribution in [0.1, 0.15) is 24.5 Å². The van der Waals surface area contributed by atoms with Crippen LogP contribution in [-0.2, 0) is 15.6 Å². The molecule has 14 heteroatoms. The first kappa shape index (κ1) is 27.7. The van der Waals surface area contributed by atoms with Crippen molar-refractivity contribution < 1.29 is 32.5 Å². The van der Waals surface area contributed by atoms with Crippen LogP contribution in [0.25, 0.3) is 17.2 Å². The van der Waals surface area contributed by atoms with Crippen LogP contribution in [0.2, 0.25) is 0 Å². The predicted octanol–water partition coefficient (Wildman–Crippen LogP) is 2.19. The first-order valence-corrected chi connectivity index (χ1v) is 13.4. The van der Waals surface area contributed by atoms with E-state index in [0.717, 1.165) is 0 Å². The van der Waals surface area contributed by atoms with E-state index in [2.05, 4.69) is 25.1 Å². The summed E-state index contributed by atoms with van der Waals surface area (Å²) in [4.78, 5) is 12.5. The largest absolute Gasteiger partial charge is 0.494 e. The zero-order chi connectivity index (χ0) is 28.2. The normalized spacial score (nSPS) is 13.0. The first-order valence-electron chi connectivity index (χ1n) is 11.7. The van der Waals surface area contributed by atoms with Gasteiger partial charge in [0, 0.05) is 6.07 Å². The van der Waals surface area contributed by atoms with E-state index in [1.807, 2.05) is 0 Å². The number of nitrogens with zero attached hydrogens (tertiary/aromatic N) is 6. The van der Waals surface area contributed by atoms with E-state index in [0.29, 0.717) is 28.8 Å². The standard InChI is InChI=1S/C25H28N6O7S/c1-15(24(32)17-12-27-22(38-5)13-26-17)39(33,34)14-20-29-30-25(16-8-6-11-21(28-16)37-4)31(20)23-18(35-2)9-7-10-19(23)36-3/h6-13,15,24,32H,14H2,1-5H3/t15-,24-/m0/s1. The van der Waals surface area contributed by atoms with Gasteiger partial charge in [0.2, 0.25) is 11.8 Å². The number of aromatic nitrogens is 6. The molecule has 1 aromatic carbocycles. The van der Waals surface area contributed by atoms with Crippen LogP contribution in [0.4, 0.5) is 0 Å². The van der Waals surface area contributed by atoms with Gasteiger partial charge in [-0.15, -0.1) is 10.2 Å². The number of hydrogen-bond acceptors (Lipinski definition) is 12. The van der Waals surface area contributed by atoms with Crippen molar-refractivity contribution in [2.24, 2.45) is 0 Å². The highest BCUT2D eigenvalue weighted by molar-refractivity contribution is 7.91. The minimum atomic E-state index is -4.03. The topological polar surface area (TPSA) is 161 Å². The smallest absolute Gasteiger partial charge is 0.231 e. The van der Waals surface area contributed by atoms with Crippen LogP contribution in [0, 0.1) is 0 Å². The summed E-state index contributed by atoms with van der Waals surface area (Å²) >= 11 is 0. The highest BCUT2D eigenvalue weighted by Gasteiger charge is 2.34. The van der Waals surface area contributed by atoms with E-state index < -0.39 is 26.9 Å². The van der Waals surface area contributed by atoms with Crippen LogP contribution < -0.4 is 18.9 Å². The lowest BCUT2D eigenvalue weighted by Crippen LogP contribution is -2.28. The van der Waals surface area contributed by atoms with Crippen LogP contribution in [0.15, 0.2) is 48.8 Å². The Labute approximate surface area is 225 Å². The Morgan fingerprint density at radius 3 is 2.13 bits per heavy atom. The average Bonchev–Trinajstić information content (AvgIpc) is 3.37. The lowest BCUT2D eigenvalue weighted by Gasteiger charge is -2.20. The summed E-state index contributed by atoms with van der Waals surface area (Å²) in [6.45, 7) is 1.39. The van der Waals surface area contributed by atoms with Gasteiger partial charge in [-0.25, -0.2) is 18.4 Å². The molecule has 1 N–H and O–H groups in total. The molecule has 3 aromatic heterocycles. The maximum absolute atomic E-state index is 13.6. The number of aliphatic hydroxyl groups excluding tert-OH is 1. The summed E-state index contributed by atoms with van der Waals surface area (Å²) < 4.78 is 50.0. The number of aliphatic hydroxyl groups is 1. The molecule has 4 aromatic rings. The minimum Gasteiger partial charge on any atom is -0.494 e. The second-order valence-electron chi connectivity index (χ2n) is 8.29. The lowest BCUT2D eigenvalue weighted by molar-refractivity contribution is 0.170. The molecular formula is C25H28N6O7S. The van der Waals surface area contributed by atoms with Gasteiger partial charge in [0.05, 0.1) is 51.8 Å². The summed E-state index contributed by atoms with van der Waals surface area (Å²) in [5.41, 5.74) is 0.840. The molecule has 0 saturated heterocycles. The van der Waals surface area contributed by atoms with Crippen LogP contribution in [0.5, 0.6) is 23.3 Å². The van der Waals surface area contributed by atoms with Gasteiger partial charge in [0.25, 0.3) is 0 Å². The summed E-state index contributed by atoms with van der Waals surface area (Å²) in [5.74, 6) is 1.05. The molecule has 0 aliphatic rings. The molecule has 0 amide bonds. The molecule has 2 atom stereocenters. The third-order valence-electron chi connectivity index (χ3n) is 6.02. The van der Waals surface area contributed by atoms with Crippen LogP contribution in [-0.4, -0.2) is 76.9 Å². The SMILES string of the molecule is COc1cnc([C@@H](O)[C@H](C)S(=O)(=O)Cc2nnc(-c3cccc(OC)n3)n2-c2c(OC)cccc2OC)cn1. The second kappa shape index (κ2) is 11.6. The van der Waals surface area contributed by atoms with E-state index in [1.165, 1.54) is 52.3 Å². The lowest BCUT2D eigenvalue weighted by atomic mass is 10.2. The zero-order valence-electron chi connectivity index (χ0n) is 22.0. The number of rotatable bonds is 11. The molecule has 206 valence electrons. The molecule has 4 rings (SSSR count). The van der Waals surface area contributed by atoms with Gasteiger partial charge in [-0.1, -0.05) is 12.1 Å². The van der Waals surface area contributed by atoms with Crippen LogP contribution in [0.3, 0.4) is 0 Å². The molecule has 0 saturated carbocycles. The molecule has 0 spiro atoms. The molecule has 0 bridgehead atoms. The van der Waals surface area contributed by atoms with Crippen molar-refractivity contribution in [2.75, 3.05) is 28.4 Å². The molecular weight excluding hydrogens is 528 g/mol. The Balaban J connectivity index is 1.82. The van der Waals surface area contributed by atoms with E-state index >= 15 is 0 Å². The zero-order valence-corrected chi connectivity index (χ0v) is 22.8. The summed E-state index contributed by atoms with van der Waals surface area (Å²) in [6, 6.07) is 10.2. The predicted molar refractivity (Wildman–Crippen MR) is 140 cm³/mol. The maximum atomic E-state index is 13.6. The molecule has 0 aliphatic heterocycles. The van der Waals surface area contributed by atoms with Gasteiger partial charge < -0.3 is 24.1 Å². The van der Waals surface area contributed by atoms with Gasteiger partial charge >= 0.3 is 0 Å². The van der Waals surface area contributed by atoms with Gasteiger partial charge in [-0.2, -0.15) is 0 Å². The first-order chi connectivity index (χ1) is 18.7. The fourth-order valence-electron chi connectivity index (χ4n) is 3.85. The molecule has 3 heterocycles. The Morgan fingerprint density at radius 2 is 1.54 bits per heavy atom. The quantitative estimate of drug-likeness (QED) is 0.287. The van der Waals surface area contributed by atoms with E-state index in [9.17, 15) is 13.5 Å². The van der Waals surface area contributed by atoms with Crippen molar-refractivity contribution in [1.29, 1.82) is 0 Å². The Kier molecular flexibility index (Phi) is 8.26. The van der Waals surface area contributed by atoms with E-state index in [-0.39, 0.29) is 23.2 Å². The summed E-state index contributed by atoms with van der Waals surface area (Å²) in [7, 11) is 1.85. The number of para-hydroxylation sites is 1. The van der Waals surface area contributed by atoms with Crippen molar-refractivity contribution in [3.05, 3.63) is 60.3 Å². The van der Waals surface area contributed by atoms with Crippen LogP contribution >= 0.6 is 0 Å². The van der Waals surface area contributed by atoms with Crippen molar-refractivity contribution in [3.63, 3.8) is 0 Å². The third-order valence-corrected chi connectivity index (χ3v) is 8.07. The van der Waals surface area contributed by atoms with E-state index in [4.69, 9.17) is 18.9 Å². The van der Waals surface area contributed by atoms with Crippen molar-refractivity contribution >= 4 is 9.84 Å². The van der Waals surface area contributed by atoms with Gasteiger partial charge in [-0.3, -0.25) is 9.55 Å². The number of methoxy groups -OCH3 is 4. The van der Waals surface area contributed by atoms with Crippen molar-refractivity contribution in [3.8, 4) is 40.5 Å². The molecule has 0 radical (unpaired) electrons. The number of hydrogen-bond donors (Lipinski definition) is 1. The van der Waals surface area contributed by atoms with E-state index in [1.54, 1.807) is 36.4 Å². The Hall–Kier alpha value is -4.30. The highest BCUT2D eigenvalue weighted by Crippen LogP contribution is 2.37. The van der Waals surface area contributed by atoms with Gasteiger partial charge in [0.15, 0.2) is 21.5 Å². The Bertz CT molecular complexity index is 1520. The average molecular weight is 557 g/mol. The number of sulfone groups is 1. The monoisotopic (exact) mass is 556 g/mol. The number of benzene rings is 1. The van der Waals surface area contributed by atoms with Gasteiger partial charge in [0.1, 0.15) is 34.7 Å². The maximum Gasteiger partial charge on any atom is 0.231 e. The number of pyridine rings is 1. The highest BCUT2D eigenvalue weighted by atomic mass is 32.2. The Morgan fingerprint density at radius 1 is 0.872 bits per heavy atom. The minimum absolute atomic E-state index is 0.0530. The second-order valence-corrected chi connectivity index (χ2v) is 10.7. The fourth-order valence-corrected chi connectivity index (χ4v) is 5.19. The molecule has 0 aliphatic carbocycles. The molecule has 39 heavy (non-hydrogen) atoms. The molecule has 0 fully saturated rings. The summed E-state index contributed by atoms with van der Waals surface area (Å²) in [6.07, 6.45) is 1.12. The van der Waals surface area contributed by atoms with Crippen molar-refractivity contribution in [1.82, 2.24) is 29.7 Å². The van der Waals surface area contributed by atoms with Gasteiger partial charge in [-0.05, 0) is 25.1 Å². The molecule has 13 nitrogen and oxygen atoms in total. The third kappa shape index (κ3) is 5.61.